The smallest absolute Gasteiger partial charge is 0.138 e. The van der Waals surface area contributed by atoms with Gasteiger partial charge in [0.1, 0.15) is 12.4 Å². The van der Waals surface area contributed by atoms with Crippen LogP contribution in [0.4, 0.5) is 0 Å². The predicted octanol–water partition coefficient (Wildman–Crippen LogP) is 3.16. The number of nitrogens with two attached hydrogens (primary N) is 1. The van der Waals surface area contributed by atoms with Crippen molar-refractivity contribution in [3.63, 3.8) is 0 Å². The van der Waals surface area contributed by atoms with E-state index in [1.807, 2.05) is 42.9 Å². The molecule has 4 nitrogen and oxygen atoms in total. The lowest BCUT2D eigenvalue weighted by atomic mass is 10.1. The van der Waals surface area contributed by atoms with Gasteiger partial charge in [-0.15, -0.1) is 0 Å². The van der Waals surface area contributed by atoms with E-state index in [-0.39, 0.29) is 6.04 Å². The molecule has 0 unspecified atom stereocenters. The van der Waals surface area contributed by atoms with Crippen LogP contribution in [0.1, 0.15) is 31.0 Å². The molecule has 0 saturated heterocycles. The molecule has 102 valence electrons. The molecule has 2 rings (SSSR count). The SMILES string of the molecule is CCn1cc(COc2ccc([C@@H](C)N)cc2Cl)cn1. The van der Waals surface area contributed by atoms with Crippen molar-refractivity contribution in [1.29, 1.82) is 0 Å². The second-order valence-corrected chi connectivity index (χ2v) is 4.88. The number of rotatable bonds is 5. The van der Waals surface area contributed by atoms with Crippen molar-refractivity contribution in [3.05, 3.63) is 46.7 Å². The Bertz CT molecular complexity index is 551. The summed E-state index contributed by atoms with van der Waals surface area (Å²) in [5.41, 5.74) is 7.82. The first-order chi connectivity index (χ1) is 9.10. The molecule has 2 N–H and O–H groups in total. The summed E-state index contributed by atoms with van der Waals surface area (Å²) in [6.07, 6.45) is 3.76. The van der Waals surface area contributed by atoms with Gasteiger partial charge in [-0.3, -0.25) is 4.68 Å². The van der Waals surface area contributed by atoms with Crippen molar-refractivity contribution >= 4 is 11.6 Å². The molecule has 19 heavy (non-hydrogen) atoms. The first-order valence-electron chi connectivity index (χ1n) is 6.29. The Hall–Kier alpha value is -1.52. The Balaban J connectivity index is 2.03. The topological polar surface area (TPSA) is 53.1 Å². The molecule has 0 aliphatic carbocycles. The molecule has 1 aromatic carbocycles. The highest BCUT2D eigenvalue weighted by molar-refractivity contribution is 6.32. The highest BCUT2D eigenvalue weighted by Gasteiger charge is 2.06. The summed E-state index contributed by atoms with van der Waals surface area (Å²) in [6.45, 7) is 5.27. The zero-order chi connectivity index (χ0) is 13.8. The number of hydrogen-bond acceptors (Lipinski definition) is 3. The van der Waals surface area contributed by atoms with Crippen molar-refractivity contribution in [2.24, 2.45) is 5.73 Å². The van der Waals surface area contributed by atoms with Gasteiger partial charge >= 0.3 is 0 Å². The van der Waals surface area contributed by atoms with E-state index in [0.29, 0.717) is 17.4 Å². The number of benzene rings is 1. The normalized spacial score (nSPS) is 12.4. The number of hydrogen-bond donors (Lipinski definition) is 1. The standard InChI is InChI=1S/C14H18ClN3O/c1-3-18-8-11(7-17-18)9-19-14-5-4-12(10(2)16)6-13(14)15/h4-8,10H,3,9,16H2,1-2H3/t10-/m1/s1. The summed E-state index contributed by atoms with van der Waals surface area (Å²) in [6, 6.07) is 5.60. The second kappa shape index (κ2) is 6.08. The molecule has 0 fully saturated rings. The molecular weight excluding hydrogens is 262 g/mol. The Morgan fingerprint density at radius 1 is 1.47 bits per heavy atom. The molecule has 0 amide bonds. The molecule has 0 spiro atoms. The summed E-state index contributed by atoms with van der Waals surface area (Å²) in [7, 11) is 0. The maximum Gasteiger partial charge on any atom is 0.138 e. The minimum absolute atomic E-state index is 0.0330. The van der Waals surface area contributed by atoms with Gasteiger partial charge < -0.3 is 10.5 Å². The van der Waals surface area contributed by atoms with E-state index in [4.69, 9.17) is 22.1 Å². The number of nitrogens with zero attached hydrogens (tertiary/aromatic N) is 2. The van der Waals surface area contributed by atoms with E-state index in [1.54, 1.807) is 6.20 Å². The van der Waals surface area contributed by atoms with E-state index in [9.17, 15) is 0 Å². The second-order valence-electron chi connectivity index (χ2n) is 4.47. The van der Waals surface area contributed by atoms with Crippen LogP contribution in [-0.2, 0) is 13.2 Å². The molecule has 0 aliphatic heterocycles. The van der Waals surface area contributed by atoms with Crippen LogP contribution in [0.3, 0.4) is 0 Å². The molecular formula is C14H18ClN3O. The fourth-order valence-electron chi connectivity index (χ4n) is 1.73. The van der Waals surface area contributed by atoms with Crippen molar-refractivity contribution < 1.29 is 4.74 Å². The van der Waals surface area contributed by atoms with Gasteiger partial charge in [-0.1, -0.05) is 17.7 Å². The van der Waals surface area contributed by atoms with Gasteiger partial charge in [-0.05, 0) is 31.5 Å². The van der Waals surface area contributed by atoms with Crippen molar-refractivity contribution in [2.75, 3.05) is 0 Å². The van der Waals surface area contributed by atoms with Crippen LogP contribution in [0.15, 0.2) is 30.6 Å². The van der Waals surface area contributed by atoms with E-state index < -0.39 is 0 Å². The average molecular weight is 280 g/mol. The minimum Gasteiger partial charge on any atom is -0.487 e. The molecule has 1 aromatic heterocycles. The van der Waals surface area contributed by atoms with Crippen LogP contribution in [-0.4, -0.2) is 9.78 Å². The molecule has 0 bridgehead atoms. The van der Waals surface area contributed by atoms with E-state index in [0.717, 1.165) is 17.7 Å². The van der Waals surface area contributed by atoms with E-state index in [2.05, 4.69) is 5.10 Å². The van der Waals surface area contributed by atoms with Crippen molar-refractivity contribution in [1.82, 2.24) is 9.78 Å². The predicted molar refractivity (Wildman–Crippen MR) is 76.3 cm³/mol. The summed E-state index contributed by atoms with van der Waals surface area (Å²) in [5, 5.41) is 4.78. The highest BCUT2D eigenvalue weighted by atomic mass is 35.5. The summed E-state index contributed by atoms with van der Waals surface area (Å²) < 4.78 is 7.55. The third kappa shape index (κ3) is 3.49. The van der Waals surface area contributed by atoms with Crippen LogP contribution < -0.4 is 10.5 Å². The molecule has 1 heterocycles. The third-order valence-electron chi connectivity index (χ3n) is 2.89. The summed E-state index contributed by atoms with van der Waals surface area (Å²) in [4.78, 5) is 0. The molecule has 0 saturated carbocycles. The Morgan fingerprint density at radius 3 is 2.84 bits per heavy atom. The molecule has 5 heteroatoms. The lowest BCUT2D eigenvalue weighted by Gasteiger charge is -2.10. The minimum atomic E-state index is -0.0330. The molecule has 0 aliphatic rings. The van der Waals surface area contributed by atoms with Crippen LogP contribution in [0, 0.1) is 0 Å². The number of aromatic nitrogens is 2. The lowest BCUT2D eigenvalue weighted by Crippen LogP contribution is -2.05. The monoisotopic (exact) mass is 279 g/mol. The van der Waals surface area contributed by atoms with Gasteiger partial charge in [0.25, 0.3) is 0 Å². The maximum absolute atomic E-state index is 6.17. The van der Waals surface area contributed by atoms with Gasteiger partial charge in [0, 0.05) is 24.3 Å². The van der Waals surface area contributed by atoms with Crippen molar-refractivity contribution in [2.45, 2.75) is 33.0 Å². The van der Waals surface area contributed by atoms with Crippen LogP contribution in [0.5, 0.6) is 5.75 Å². The Morgan fingerprint density at radius 2 is 2.26 bits per heavy atom. The van der Waals surface area contributed by atoms with Gasteiger partial charge in [0.05, 0.1) is 11.2 Å². The maximum atomic E-state index is 6.17. The van der Waals surface area contributed by atoms with Crippen LogP contribution >= 0.6 is 11.6 Å². The van der Waals surface area contributed by atoms with Gasteiger partial charge in [0.15, 0.2) is 0 Å². The zero-order valence-corrected chi connectivity index (χ0v) is 11.9. The van der Waals surface area contributed by atoms with E-state index >= 15 is 0 Å². The fraction of sp³-hybridized carbons (Fsp3) is 0.357. The first-order valence-corrected chi connectivity index (χ1v) is 6.67. The molecule has 1 atom stereocenters. The summed E-state index contributed by atoms with van der Waals surface area (Å²) in [5.74, 6) is 0.662. The van der Waals surface area contributed by atoms with Crippen LogP contribution in [0.2, 0.25) is 5.02 Å². The summed E-state index contributed by atoms with van der Waals surface area (Å²) >= 11 is 6.17. The largest absolute Gasteiger partial charge is 0.487 e. The zero-order valence-electron chi connectivity index (χ0n) is 11.1. The number of ether oxygens (including phenoxy) is 1. The first kappa shape index (κ1) is 13.9. The quantitative estimate of drug-likeness (QED) is 0.915. The Kier molecular flexibility index (Phi) is 4.45. The Labute approximate surface area is 118 Å². The van der Waals surface area contributed by atoms with Crippen molar-refractivity contribution in [3.8, 4) is 5.75 Å². The lowest BCUT2D eigenvalue weighted by molar-refractivity contribution is 0.306. The number of aryl methyl sites for hydroxylation is 1. The van der Waals surface area contributed by atoms with Gasteiger partial charge in [-0.2, -0.15) is 5.10 Å². The van der Waals surface area contributed by atoms with Gasteiger partial charge in [-0.25, -0.2) is 0 Å². The van der Waals surface area contributed by atoms with E-state index in [1.165, 1.54) is 0 Å². The highest BCUT2D eigenvalue weighted by Crippen LogP contribution is 2.28. The third-order valence-corrected chi connectivity index (χ3v) is 3.18. The molecule has 2 aromatic rings. The van der Waals surface area contributed by atoms with Gasteiger partial charge in [0.2, 0.25) is 0 Å². The average Bonchev–Trinajstić information content (AvgIpc) is 2.85. The number of halogens is 1. The fourth-order valence-corrected chi connectivity index (χ4v) is 1.98. The molecule has 0 radical (unpaired) electrons. The van der Waals surface area contributed by atoms with Crippen LogP contribution in [0.25, 0.3) is 0 Å².